The summed E-state index contributed by atoms with van der Waals surface area (Å²) >= 11 is 1.73. The Hall–Kier alpha value is -2.11. The molecule has 0 radical (unpaired) electrons. The van der Waals surface area contributed by atoms with Gasteiger partial charge in [-0.2, -0.15) is 0 Å². The maximum Gasteiger partial charge on any atom is 0.251 e. The van der Waals surface area contributed by atoms with Crippen LogP contribution in [0, 0.1) is 0 Å². The summed E-state index contributed by atoms with van der Waals surface area (Å²) in [7, 11) is 0. The predicted octanol–water partition coefficient (Wildman–Crippen LogP) is 5.29. The summed E-state index contributed by atoms with van der Waals surface area (Å²) in [6.07, 6.45) is 4.71. The highest BCUT2D eigenvalue weighted by Crippen LogP contribution is 2.41. The lowest BCUT2D eigenvalue weighted by molar-refractivity contribution is 0.0938. The summed E-state index contributed by atoms with van der Waals surface area (Å²) in [5.41, 5.74) is 3.84. The zero-order valence-electron chi connectivity index (χ0n) is 17.3. The highest BCUT2D eigenvalue weighted by Gasteiger charge is 2.19. The molecule has 0 aromatic heterocycles. The van der Waals surface area contributed by atoms with Gasteiger partial charge in [-0.3, -0.25) is 14.7 Å². The normalized spacial score (nSPS) is 19.0. The lowest BCUT2D eigenvalue weighted by Crippen LogP contribution is -2.42. The van der Waals surface area contributed by atoms with E-state index in [1.807, 2.05) is 18.2 Å². The van der Waals surface area contributed by atoms with Gasteiger partial charge in [0.05, 0.1) is 5.69 Å². The minimum atomic E-state index is -0.0162. The maximum atomic E-state index is 12.7. The summed E-state index contributed by atoms with van der Waals surface area (Å²) in [4.78, 5) is 22.4. The number of rotatable bonds is 5. The predicted molar refractivity (Wildman–Crippen MR) is 121 cm³/mol. The number of fused-ring (bicyclic) bond motifs is 2. The fourth-order valence-corrected chi connectivity index (χ4v) is 5.15. The summed E-state index contributed by atoms with van der Waals surface area (Å²) in [5, 5.41) is 3.10. The molecule has 2 aromatic rings. The average molecular weight is 408 g/mol. The van der Waals surface area contributed by atoms with Crippen LogP contribution in [0.2, 0.25) is 0 Å². The number of piperidine rings is 1. The van der Waals surface area contributed by atoms with E-state index in [0.29, 0.717) is 18.2 Å². The first-order valence-corrected chi connectivity index (χ1v) is 11.5. The molecule has 2 aliphatic rings. The topological polar surface area (TPSA) is 44.7 Å². The molecule has 4 rings (SSSR count). The van der Waals surface area contributed by atoms with Gasteiger partial charge >= 0.3 is 0 Å². The van der Waals surface area contributed by atoms with Crippen LogP contribution in [0.3, 0.4) is 0 Å². The van der Waals surface area contributed by atoms with Crippen molar-refractivity contribution >= 4 is 29.1 Å². The molecule has 2 aliphatic heterocycles. The van der Waals surface area contributed by atoms with Gasteiger partial charge in [0.2, 0.25) is 0 Å². The van der Waals surface area contributed by atoms with Crippen molar-refractivity contribution in [2.24, 2.45) is 4.99 Å². The molecule has 5 heteroatoms. The van der Waals surface area contributed by atoms with Crippen LogP contribution in [0.5, 0.6) is 0 Å². The summed E-state index contributed by atoms with van der Waals surface area (Å²) in [6, 6.07) is 14.9. The van der Waals surface area contributed by atoms with Crippen molar-refractivity contribution in [3.63, 3.8) is 0 Å². The Morgan fingerprint density at radius 2 is 2.07 bits per heavy atom. The van der Waals surface area contributed by atoms with Gasteiger partial charge in [-0.15, -0.1) is 0 Å². The molecule has 1 fully saturated rings. The number of aliphatic imine (C=N–C) groups is 1. The fourth-order valence-electron chi connectivity index (χ4n) is 4.12. The van der Waals surface area contributed by atoms with Gasteiger partial charge in [-0.05, 0) is 57.0 Å². The molecule has 29 heavy (non-hydrogen) atoms. The van der Waals surface area contributed by atoms with E-state index >= 15 is 0 Å². The Balaban J connectivity index is 1.47. The van der Waals surface area contributed by atoms with Crippen molar-refractivity contribution < 1.29 is 4.79 Å². The Morgan fingerprint density at radius 1 is 1.21 bits per heavy atom. The lowest BCUT2D eigenvalue weighted by Gasteiger charge is -2.33. The Kier molecular flexibility index (Phi) is 6.36. The van der Waals surface area contributed by atoms with Gasteiger partial charge in [-0.25, -0.2) is 0 Å². The molecule has 0 bridgehead atoms. The van der Waals surface area contributed by atoms with E-state index in [9.17, 15) is 4.79 Å². The third kappa shape index (κ3) is 4.57. The highest BCUT2D eigenvalue weighted by atomic mass is 32.2. The maximum absolute atomic E-state index is 12.7. The molecule has 2 aromatic carbocycles. The van der Waals surface area contributed by atoms with Crippen LogP contribution in [0.4, 0.5) is 5.69 Å². The van der Waals surface area contributed by atoms with Crippen LogP contribution >= 0.6 is 11.8 Å². The molecular formula is C24H29N3OS. The second kappa shape index (κ2) is 9.14. The number of amides is 1. The lowest BCUT2D eigenvalue weighted by atomic mass is 10.0. The second-order valence-electron chi connectivity index (χ2n) is 7.83. The zero-order chi connectivity index (χ0) is 20.2. The second-order valence-corrected chi connectivity index (χ2v) is 8.91. The standard InChI is InChI=1S/C24H29N3OS/c1-3-20-19-9-4-5-10-22(19)29-23-12-11-18(16-21(23)26-20)24(28)25-13-15-27-14-7-6-8-17(27)2/h4-5,9-12,16-17H,3,6-8,13-15H2,1-2H3,(H,25,28)/t17-/m0/s1. The van der Waals surface area contributed by atoms with E-state index in [0.717, 1.165) is 35.8 Å². The van der Waals surface area contributed by atoms with Gasteiger partial charge in [-0.1, -0.05) is 43.3 Å². The van der Waals surface area contributed by atoms with Crippen molar-refractivity contribution in [3.05, 3.63) is 53.6 Å². The highest BCUT2D eigenvalue weighted by molar-refractivity contribution is 7.99. The number of nitrogens with one attached hydrogen (secondary N) is 1. The molecule has 1 amide bonds. The molecule has 4 nitrogen and oxygen atoms in total. The Morgan fingerprint density at radius 3 is 2.90 bits per heavy atom. The van der Waals surface area contributed by atoms with Crippen LogP contribution in [-0.2, 0) is 0 Å². The van der Waals surface area contributed by atoms with Crippen molar-refractivity contribution in [2.75, 3.05) is 19.6 Å². The molecule has 1 N–H and O–H groups in total. The van der Waals surface area contributed by atoms with Crippen molar-refractivity contribution in [3.8, 4) is 0 Å². The van der Waals surface area contributed by atoms with Crippen LogP contribution in [-0.4, -0.2) is 42.2 Å². The quantitative estimate of drug-likeness (QED) is 0.733. The largest absolute Gasteiger partial charge is 0.351 e. The third-order valence-electron chi connectivity index (χ3n) is 5.85. The smallest absolute Gasteiger partial charge is 0.251 e. The first kappa shape index (κ1) is 20.2. The van der Waals surface area contributed by atoms with Crippen LogP contribution in [0.25, 0.3) is 0 Å². The monoisotopic (exact) mass is 407 g/mol. The first-order chi connectivity index (χ1) is 14.2. The van der Waals surface area contributed by atoms with Crippen molar-refractivity contribution in [1.82, 2.24) is 10.2 Å². The average Bonchev–Trinajstić information content (AvgIpc) is 2.90. The van der Waals surface area contributed by atoms with Crippen LogP contribution in [0.1, 0.15) is 55.5 Å². The molecule has 2 heterocycles. The number of likely N-dealkylation sites (tertiary alicyclic amines) is 1. The van der Waals surface area contributed by atoms with E-state index in [1.165, 1.54) is 29.7 Å². The summed E-state index contributed by atoms with van der Waals surface area (Å²) < 4.78 is 0. The first-order valence-electron chi connectivity index (χ1n) is 10.7. The number of nitrogens with zero attached hydrogens (tertiary/aromatic N) is 2. The fraction of sp³-hybridized carbons (Fsp3) is 0.417. The number of hydrogen-bond acceptors (Lipinski definition) is 4. The van der Waals surface area contributed by atoms with Gasteiger partial charge in [0.25, 0.3) is 5.91 Å². The third-order valence-corrected chi connectivity index (χ3v) is 7.00. The van der Waals surface area contributed by atoms with Crippen molar-refractivity contribution in [1.29, 1.82) is 0 Å². The van der Waals surface area contributed by atoms with Gasteiger partial charge < -0.3 is 5.32 Å². The van der Waals surface area contributed by atoms with E-state index in [-0.39, 0.29) is 5.91 Å². The van der Waals surface area contributed by atoms with E-state index in [1.54, 1.807) is 11.8 Å². The summed E-state index contributed by atoms with van der Waals surface area (Å²) in [5.74, 6) is -0.0162. The number of hydrogen-bond donors (Lipinski definition) is 1. The van der Waals surface area contributed by atoms with Gasteiger partial charge in [0, 0.05) is 45.8 Å². The molecule has 0 spiro atoms. The molecule has 1 atom stereocenters. The molecule has 0 aliphatic carbocycles. The van der Waals surface area contributed by atoms with E-state index < -0.39 is 0 Å². The molecule has 0 unspecified atom stereocenters. The number of carbonyl (C=O) groups is 1. The van der Waals surface area contributed by atoms with E-state index in [2.05, 4.69) is 48.3 Å². The van der Waals surface area contributed by atoms with Gasteiger partial charge in [0.1, 0.15) is 0 Å². The van der Waals surface area contributed by atoms with Crippen LogP contribution < -0.4 is 5.32 Å². The number of carbonyl (C=O) groups excluding carboxylic acids is 1. The van der Waals surface area contributed by atoms with E-state index in [4.69, 9.17) is 4.99 Å². The van der Waals surface area contributed by atoms with Crippen molar-refractivity contribution in [2.45, 2.75) is 55.4 Å². The Labute approximate surface area is 177 Å². The summed E-state index contributed by atoms with van der Waals surface area (Å²) in [6.45, 7) is 7.16. The Bertz CT molecular complexity index is 924. The number of benzene rings is 2. The molecule has 0 saturated carbocycles. The minimum Gasteiger partial charge on any atom is -0.351 e. The SMILES string of the molecule is CCC1=Nc2cc(C(=O)NCCN3CCCC[C@@H]3C)ccc2Sc2ccccc21. The molecular weight excluding hydrogens is 378 g/mol. The van der Waals surface area contributed by atoms with Crippen LogP contribution in [0.15, 0.2) is 57.2 Å². The zero-order valence-corrected chi connectivity index (χ0v) is 18.1. The molecule has 152 valence electrons. The molecule has 1 saturated heterocycles. The van der Waals surface area contributed by atoms with Gasteiger partial charge in [0.15, 0.2) is 0 Å². The minimum absolute atomic E-state index is 0.0162.